The maximum Gasteiger partial charge on any atom is 0.225 e. The smallest absolute Gasteiger partial charge is 0.225 e. The summed E-state index contributed by atoms with van der Waals surface area (Å²) in [6.45, 7) is 1.95. The lowest BCUT2D eigenvalue weighted by molar-refractivity contribution is -0.127. The summed E-state index contributed by atoms with van der Waals surface area (Å²) in [5, 5.41) is 0. The predicted molar refractivity (Wildman–Crippen MR) is 56.8 cm³/mol. The van der Waals surface area contributed by atoms with E-state index in [1.807, 2.05) is 6.92 Å². The molecule has 0 aromatic carbocycles. The van der Waals surface area contributed by atoms with Crippen molar-refractivity contribution >= 4 is 21.8 Å². The second kappa shape index (κ2) is 6.02. The van der Waals surface area contributed by atoms with Gasteiger partial charge in [0.15, 0.2) is 0 Å². The van der Waals surface area contributed by atoms with Crippen LogP contribution in [-0.4, -0.2) is 36.8 Å². The van der Waals surface area contributed by atoms with Crippen molar-refractivity contribution in [2.45, 2.75) is 18.2 Å². The molecule has 4 heteroatoms. The van der Waals surface area contributed by atoms with E-state index in [0.717, 1.165) is 5.76 Å². The fourth-order valence-corrected chi connectivity index (χ4v) is 1.15. The van der Waals surface area contributed by atoms with Gasteiger partial charge >= 0.3 is 0 Å². The zero-order valence-electron chi connectivity index (χ0n) is 8.50. The van der Waals surface area contributed by atoms with Gasteiger partial charge in [-0.05, 0) is 13.0 Å². The van der Waals surface area contributed by atoms with Crippen LogP contribution >= 0.6 is 15.9 Å². The Morgan fingerprint density at radius 3 is 2.46 bits per heavy atom. The fraction of sp³-hybridized carbons (Fsp3) is 0.667. The molecule has 0 fully saturated rings. The first-order valence-corrected chi connectivity index (χ1v) is 4.98. The van der Waals surface area contributed by atoms with E-state index < -0.39 is 0 Å². The lowest BCUT2D eigenvalue weighted by atomic mass is 10.3. The maximum absolute atomic E-state index is 11.2. The van der Waals surface area contributed by atoms with Gasteiger partial charge in [-0.1, -0.05) is 15.9 Å². The van der Waals surface area contributed by atoms with Gasteiger partial charge in [-0.2, -0.15) is 0 Å². The van der Waals surface area contributed by atoms with E-state index in [4.69, 9.17) is 4.74 Å². The van der Waals surface area contributed by atoms with Gasteiger partial charge in [0, 0.05) is 20.5 Å². The third-order valence-corrected chi connectivity index (χ3v) is 2.06. The van der Waals surface area contributed by atoms with Gasteiger partial charge in [-0.15, -0.1) is 0 Å². The lowest BCUT2D eigenvalue weighted by Gasteiger charge is -2.10. The third-order valence-electron chi connectivity index (χ3n) is 1.60. The quantitative estimate of drug-likeness (QED) is 0.562. The second-order valence-electron chi connectivity index (χ2n) is 2.92. The van der Waals surface area contributed by atoms with Crippen LogP contribution in [0.1, 0.15) is 13.3 Å². The number of hydrogen-bond donors (Lipinski definition) is 0. The minimum absolute atomic E-state index is 0.0719. The van der Waals surface area contributed by atoms with Gasteiger partial charge < -0.3 is 9.64 Å². The normalized spacial score (nSPS) is 13.8. The molecule has 0 rings (SSSR count). The number of rotatable bonds is 4. The second-order valence-corrected chi connectivity index (χ2v) is 4.29. The molecule has 0 saturated heterocycles. The zero-order chi connectivity index (χ0) is 10.4. The summed E-state index contributed by atoms with van der Waals surface area (Å²) in [5.74, 6) is 0.859. The molecule has 1 atom stereocenters. The van der Waals surface area contributed by atoms with E-state index in [1.54, 1.807) is 32.2 Å². The monoisotopic (exact) mass is 249 g/mol. The molecule has 0 aromatic rings. The van der Waals surface area contributed by atoms with E-state index in [1.165, 1.54) is 0 Å². The summed E-state index contributed by atoms with van der Waals surface area (Å²) < 4.78 is 5.09. The third kappa shape index (κ3) is 4.93. The number of alkyl halides is 1. The van der Waals surface area contributed by atoms with Gasteiger partial charge in [0.1, 0.15) is 5.76 Å². The van der Waals surface area contributed by atoms with Crippen molar-refractivity contribution in [1.29, 1.82) is 0 Å². The van der Waals surface area contributed by atoms with Gasteiger partial charge in [0.05, 0.1) is 11.9 Å². The van der Waals surface area contributed by atoms with E-state index in [2.05, 4.69) is 15.9 Å². The minimum atomic E-state index is 0.0719. The summed E-state index contributed by atoms with van der Waals surface area (Å²) in [4.78, 5) is 12.9. The Hall–Kier alpha value is -0.510. The molecule has 0 bridgehead atoms. The van der Waals surface area contributed by atoms with Crippen molar-refractivity contribution in [1.82, 2.24) is 4.90 Å². The SMILES string of the molecule is CO/C(=C\CC(=O)N(C)C)C(C)Br. The van der Waals surface area contributed by atoms with Crippen molar-refractivity contribution < 1.29 is 9.53 Å². The largest absolute Gasteiger partial charge is 0.500 e. The Bertz CT molecular complexity index is 200. The van der Waals surface area contributed by atoms with Crippen LogP contribution in [-0.2, 0) is 9.53 Å². The van der Waals surface area contributed by atoms with Crippen molar-refractivity contribution in [3.8, 4) is 0 Å². The first kappa shape index (κ1) is 12.5. The minimum Gasteiger partial charge on any atom is -0.500 e. The van der Waals surface area contributed by atoms with Gasteiger partial charge in [0.25, 0.3) is 0 Å². The number of carbonyl (C=O) groups is 1. The lowest BCUT2D eigenvalue weighted by Crippen LogP contribution is -2.20. The number of allylic oxidation sites excluding steroid dienone is 1. The molecular formula is C9H16BrNO2. The summed E-state index contributed by atoms with van der Waals surface area (Å²) in [6, 6.07) is 0. The number of ether oxygens (including phenoxy) is 1. The van der Waals surface area contributed by atoms with Crippen LogP contribution in [0.25, 0.3) is 0 Å². The standard InChI is InChI=1S/C9H16BrNO2/c1-7(10)8(13-4)5-6-9(12)11(2)3/h5,7H,6H2,1-4H3/b8-5-. The average Bonchev–Trinajstić information content (AvgIpc) is 2.04. The molecule has 13 heavy (non-hydrogen) atoms. The highest BCUT2D eigenvalue weighted by atomic mass is 79.9. The van der Waals surface area contributed by atoms with Crippen LogP contribution in [0.4, 0.5) is 0 Å². The maximum atomic E-state index is 11.2. The predicted octanol–water partition coefficient (Wildman–Crippen LogP) is 1.78. The molecule has 0 aliphatic carbocycles. The number of nitrogens with zero attached hydrogens (tertiary/aromatic N) is 1. The van der Waals surface area contributed by atoms with Crippen molar-refractivity contribution in [2.75, 3.05) is 21.2 Å². The molecule has 0 aromatic heterocycles. The van der Waals surface area contributed by atoms with E-state index in [0.29, 0.717) is 6.42 Å². The first-order valence-electron chi connectivity index (χ1n) is 4.07. The molecule has 0 spiro atoms. The Morgan fingerprint density at radius 1 is 1.62 bits per heavy atom. The summed E-state index contributed by atoms with van der Waals surface area (Å²) in [6.07, 6.45) is 2.17. The molecule has 3 nitrogen and oxygen atoms in total. The summed E-state index contributed by atoms with van der Waals surface area (Å²) in [7, 11) is 5.07. The van der Waals surface area contributed by atoms with Crippen molar-refractivity contribution in [3.63, 3.8) is 0 Å². The average molecular weight is 250 g/mol. The Balaban J connectivity index is 4.15. The molecule has 1 unspecified atom stereocenters. The van der Waals surface area contributed by atoms with Crippen molar-refractivity contribution in [2.24, 2.45) is 0 Å². The van der Waals surface area contributed by atoms with Crippen LogP contribution in [0.15, 0.2) is 11.8 Å². The fourth-order valence-electron chi connectivity index (χ4n) is 0.779. The molecule has 0 radical (unpaired) electrons. The molecule has 1 amide bonds. The van der Waals surface area contributed by atoms with Gasteiger partial charge in [0.2, 0.25) is 5.91 Å². The number of amides is 1. The van der Waals surface area contributed by atoms with Crippen LogP contribution < -0.4 is 0 Å². The van der Waals surface area contributed by atoms with Crippen molar-refractivity contribution in [3.05, 3.63) is 11.8 Å². The highest BCUT2D eigenvalue weighted by Crippen LogP contribution is 2.12. The molecule has 0 N–H and O–H groups in total. The van der Waals surface area contributed by atoms with E-state index >= 15 is 0 Å². The highest BCUT2D eigenvalue weighted by molar-refractivity contribution is 9.09. The first-order chi connectivity index (χ1) is 5.99. The molecule has 0 aliphatic rings. The molecule has 0 heterocycles. The molecule has 76 valence electrons. The van der Waals surface area contributed by atoms with Gasteiger partial charge in [-0.25, -0.2) is 0 Å². The Morgan fingerprint density at radius 2 is 2.15 bits per heavy atom. The van der Waals surface area contributed by atoms with Crippen LogP contribution in [0.5, 0.6) is 0 Å². The topological polar surface area (TPSA) is 29.5 Å². The number of carbonyl (C=O) groups excluding carboxylic acids is 1. The molecular weight excluding hydrogens is 234 g/mol. The Labute approximate surface area is 87.9 Å². The number of methoxy groups -OCH3 is 1. The number of halogens is 1. The van der Waals surface area contributed by atoms with Crippen LogP contribution in [0.3, 0.4) is 0 Å². The summed E-state index contributed by atoms with van der Waals surface area (Å²) >= 11 is 3.37. The van der Waals surface area contributed by atoms with Gasteiger partial charge in [-0.3, -0.25) is 4.79 Å². The molecule has 0 saturated carbocycles. The van der Waals surface area contributed by atoms with Crippen LogP contribution in [0.2, 0.25) is 0 Å². The van der Waals surface area contributed by atoms with E-state index in [-0.39, 0.29) is 10.7 Å². The Kier molecular flexibility index (Phi) is 5.79. The highest BCUT2D eigenvalue weighted by Gasteiger charge is 2.06. The van der Waals surface area contributed by atoms with Crippen LogP contribution in [0, 0.1) is 0 Å². The summed E-state index contributed by atoms with van der Waals surface area (Å²) in [5.41, 5.74) is 0. The number of hydrogen-bond acceptors (Lipinski definition) is 2. The molecule has 0 aliphatic heterocycles. The van der Waals surface area contributed by atoms with E-state index in [9.17, 15) is 4.79 Å². The zero-order valence-corrected chi connectivity index (χ0v) is 10.1.